The van der Waals surface area contributed by atoms with Gasteiger partial charge in [0.2, 0.25) is 20.9 Å². The number of aryl methyl sites for hydroxylation is 2. The molecule has 0 saturated carbocycles. The lowest BCUT2D eigenvalue weighted by Gasteiger charge is -2.22. The lowest BCUT2D eigenvalue weighted by Crippen LogP contribution is -2.50. The molecular weight excluding hydrogens is 553 g/mol. The third-order valence-electron chi connectivity index (χ3n) is 6.64. The molecule has 7 nitrogen and oxygen atoms in total. The van der Waals surface area contributed by atoms with E-state index in [1.54, 1.807) is 6.07 Å². The minimum Gasteiger partial charge on any atom is -0.348 e. The molecule has 0 aliphatic rings. The third-order valence-corrected chi connectivity index (χ3v) is 8.19. The second-order valence-corrected chi connectivity index (χ2v) is 11.8. The summed E-state index contributed by atoms with van der Waals surface area (Å²) in [4.78, 5) is 30.4. The van der Waals surface area contributed by atoms with Gasteiger partial charge < -0.3 is 10.6 Å². The quantitative estimate of drug-likeness (QED) is 0.240. The van der Waals surface area contributed by atoms with Crippen LogP contribution in [0.2, 0.25) is 0 Å². The van der Waals surface area contributed by atoms with Crippen molar-refractivity contribution in [2.45, 2.75) is 43.2 Å². The monoisotopic (exact) mass is 585 g/mol. The van der Waals surface area contributed by atoms with Crippen molar-refractivity contribution in [3.05, 3.63) is 143 Å². The molecule has 1 heterocycles. The van der Waals surface area contributed by atoms with Gasteiger partial charge in [0, 0.05) is 24.4 Å². The molecular formula is C33H32FN3O4S. The smallest absolute Gasteiger partial charge is 0.252 e. The summed E-state index contributed by atoms with van der Waals surface area (Å²) < 4.78 is 41.2. The summed E-state index contributed by atoms with van der Waals surface area (Å²) in [5.74, 6) is -1.04. The highest BCUT2D eigenvalue weighted by atomic mass is 32.2. The van der Waals surface area contributed by atoms with Crippen LogP contribution in [0, 0.1) is 6.92 Å². The van der Waals surface area contributed by atoms with Crippen LogP contribution in [0.4, 0.5) is 4.39 Å². The van der Waals surface area contributed by atoms with Crippen molar-refractivity contribution < 1.29 is 22.4 Å². The van der Waals surface area contributed by atoms with E-state index in [9.17, 15) is 18.0 Å². The average Bonchev–Trinajstić information content (AvgIpc) is 3.00. The van der Waals surface area contributed by atoms with Gasteiger partial charge in [-0.05, 0) is 61.2 Å². The molecule has 1 aromatic heterocycles. The molecule has 0 saturated heterocycles. The third kappa shape index (κ3) is 8.44. The zero-order valence-electron chi connectivity index (χ0n) is 23.1. The maximum absolute atomic E-state index is 15.4. The summed E-state index contributed by atoms with van der Waals surface area (Å²) in [5.41, 5.74) is 3.08. The number of sulfone groups is 1. The Morgan fingerprint density at radius 2 is 1.50 bits per heavy atom. The number of carbonyl (C=O) groups excluding carboxylic acids is 2. The number of amides is 2. The van der Waals surface area contributed by atoms with E-state index in [1.807, 2.05) is 61.5 Å². The van der Waals surface area contributed by atoms with Crippen LogP contribution < -0.4 is 10.6 Å². The second kappa shape index (κ2) is 14.3. The topological polar surface area (TPSA) is 105 Å². The Labute approximate surface area is 245 Å². The minimum absolute atomic E-state index is 0.171. The number of aromatic nitrogens is 1. The zero-order valence-corrected chi connectivity index (χ0v) is 23.9. The van der Waals surface area contributed by atoms with Gasteiger partial charge in [0.25, 0.3) is 5.91 Å². The first-order chi connectivity index (χ1) is 20.2. The summed E-state index contributed by atoms with van der Waals surface area (Å²) in [6.45, 7) is 1.93. The highest BCUT2D eigenvalue weighted by molar-refractivity contribution is 7.95. The molecule has 0 bridgehead atoms. The molecule has 4 rings (SSSR count). The van der Waals surface area contributed by atoms with E-state index in [1.165, 1.54) is 48.8 Å². The van der Waals surface area contributed by atoms with Gasteiger partial charge in [-0.3, -0.25) is 14.6 Å². The van der Waals surface area contributed by atoms with Crippen LogP contribution in [0.15, 0.2) is 126 Å². The summed E-state index contributed by atoms with van der Waals surface area (Å²) in [6.07, 6.45) is 4.73. The summed E-state index contributed by atoms with van der Waals surface area (Å²) in [7, 11) is -4.41. The van der Waals surface area contributed by atoms with Crippen LogP contribution in [0.3, 0.4) is 0 Å². The van der Waals surface area contributed by atoms with Crippen molar-refractivity contribution in [2.75, 3.05) is 0 Å². The Balaban J connectivity index is 1.61. The summed E-state index contributed by atoms with van der Waals surface area (Å²) in [5, 5.41) is 4.21. The maximum atomic E-state index is 15.4. The van der Waals surface area contributed by atoms with Crippen LogP contribution in [0.1, 0.15) is 33.5 Å². The lowest BCUT2D eigenvalue weighted by molar-refractivity contribution is -0.123. The minimum atomic E-state index is -4.41. The summed E-state index contributed by atoms with van der Waals surface area (Å²) >= 11 is 0. The predicted octanol–water partition coefficient (Wildman–Crippen LogP) is 5.13. The van der Waals surface area contributed by atoms with Crippen molar-refractivity contribution in [2.24, 2.45) is 0 Å². The number of benzene rings is 3. The Morgan fingerprint density at radius 3 is 2.17 bits per heavy atom. The first-order valence-corrected chi connectivity index (χ1v) is 15.0. The van der Waals surface area contributed by atoms with Crippen molar-refractivity contribution in [3.63, 3.8) is 0 Å². The molecule has 2 atom stereocenters. The van der Waals surface area contributed by atoms with Gasteiger partial charge in [-0.2, -0.15) is 4.39 Å². The molecule has 0 aliphatic heterocycles. The van der Waals surface area contributed by atoms with E-state index < -0.39 is 38.9 Å². The molecule has 0 radical (unpaired) electrons. The lowest BCUT2D eigenvalue weighted by atomic mass is 10.0. The van der Waals surface area contributed by atoms with Crippen LogP contribution in [-0.4, -0.2) is 37.3 Å². The number of pyridine rings is 1. The van der Waals surface area contributed by atoms with Crippen molar-refractivity contribution in [3.8, 4) is 0 Å². The Hall–Kier alpha value is -4.63. The van der Waals surface area contributed by atoms with E-state index in [2.05, 4.69) is 15.6 Å². The largest absolute Gasteiger partial charge is 0.348 e. The number of hydrogen-bond donors (Lipinski definition) is 2. The Bertz CT molecular complexity index is 1630. The number of rotatable bonds is 12. The van der Waals surface area contributed by atoms with Gasteiger partial charge in [-0.25, -0.2) is 8.42 Å². The van der Waals surface area contributed by atoms with Crippen LogP contribution >= 0.6 is 0 Å². The molecule has 2 amide bonds. The molecule has 3 aromatic carbocycles. The molecule has 9 heteroatoms. The highest BCUT2D eigenvalue weighted by Gasteiger charge is 2.27. The second-order valence-electron chi connectivity index (χ2n) is 9.88. The molecule has 0 fully saturated rings. The molecule has 4 aromatic rings. The standard InChI is InChI=1S/C33H32FN3O4S/c1-24-9-8-12-26(21-24)22-30(37-32(38)27-17-19-35-20-18-27)33(39)36-28(16-15-25-10-4-2-5-11-25)23-31(34)42(40,41)29-13-6-3-7-14-29/h2-14,17-21,23,28,30H,15-16,22H2,1H3,(H,36,39)(H,37,38)/b31-23+/t28-,30-/m0/s1. The number of carbonyl (C=O) groups is 2. The van der Waals surface area contributed by atoms with E-state index in [0.717, 1.165) is 22.8 Å². The molecule has 0 aliphatic carbocycles. The van der Waals surface area contributed by atoms with Gasteiger partial charge in [0.15, 0.2) is 0 Å². The molecule has 42 heavy (non-hydrogen) atoms. The van der Waals surface area contributed by atoms with E-state index in [0.29, 0.717) is 12.0 Å². The normalized spacial score (nSPS) is 13.1. The predicted molar refractivity (Wildman–Crippen MR) is 160 cm³/mol. The van der Waals surface area contributed by atoms with E-state index in [4.69, 9.17) is 0 Å². The van der Waals surface area contributed by atoms with Gasteiger partial charge in [-0.15, -0.1) is 0 Å². The SMILES string of the molecule is Cc1cccc(C[C@H](NC(=O)c2ccncc2)C(=O)N[C@H](/C=C(\F)S(=O)(=O)c2ccccc2)CCc2ccccc2)c1. The fourth-order valence-corrected chi connectivity index (χ4v) is 5.52. The van der Waals surface area contributed by atoms with Crippen LogP contribution in [-0.2, 0) is 27.5 Å². The van der Waals surface area contributed by atoms with Gasteiger partial charge in [-0.1, -0.05) is 78.4 Å². The van der Waals surface area contributed by atoms with Crippen molar-refractivity contribution >= 4 is 21.7 Å². The van der Waals surface area contributed by atoms with Crippen molar-refractivity contribution in [1.82, 2.24) is 15.6 Å². The molecule has 0 spiro atoms. The maximum Gasteiger partial charge on any atom is 0.252 e. The fraction of sp³-hybridized carbons (Fsp3) is 0.182. The first-order valence-electron chi connectivity index (χ1n) is 13.5. The first kappa shape index (κ1) is 30.3. The highest BCUT2D eigenvalue weighted by Crippen LogP contribution is 2.21. The van der Waals surface area contributed by atoms with Crippen LogP contribution in [0.5, 0.6) is 0 Å². The van der Waals surface area contributed by atoms with Gasteiger partial charge in [0.1, 0.15) is 6.04 Å². The molecule has 216 valence electrons. The van der Waals surface area contributed by atoms with E-state index in [-0.39, 0.29) is 17.7 Å². The number of hydrogen-bond acceptors (Lipinski definition) is 5. The Kier molecular flexibility index (Phi) is 10.3. The number of nitrogens with zero attached hydrogens (tertiary/aromatic N) is 1. The number of halogens is 1. The summed E-state index contributed by atoms with van der Waals surface area (Å²) in [6, 6.07) is 25.3. The van der Waals surface area contributed by atoms with E-state index >= 15 is 4.39 Å². The average molecular weight is 586 g/mol. The molecule has 0 unspecified atom stereocenters. The Morgan fingerprint density at radius 1 is 0.857 bits per heavy atom. The van der Waals surface area contributed by atoms with Crippen LogP contribution in [0.25, 0.3) is 0 Å². The van der Waals surface area contributed by atoms with Gasteiger partial charge >= 0.3 is 0 Å². The number of nitrogens with one attached hydrogen (secondary N) is 2. The van der Waals surface area contributed by atoms with Crippen molar-refractivity contribution in [1.29, 1.82) is 0 Å². The zero-order chi connectivity index (χ0) is 30.0. The molecule has 2 N–H and O–H groups in total. The van der Waals surface area contributed by atoms with Gasteiger partial charge in [0.05, 0.1) is 10.9 Å². The fourth-order valence-electron chi connectivity index (χ4n) is 4.44.